The fourth-order valence-electron chi connectivity index (χ4n) is 2.75. The Morgan fingerprint density at radius 2 is 2.06 bits per heavy atom. The van der Waals surface area contributed by atoms with E-state index in [0.29, 0.717) is 5.92 Å². The van der Waals surface area contributed by atoms with Crippen LogP contribution in [0.25, 0.3) is 0 Å². The van der Waals surface area contributed by atoms with Crippen LogP contribution in [0.1, 0.15) is 31.9 Å². The Kier molecular flexibility index (Phi) is 3.72. The maximum atomic E-state index is 5.95. The van der Waals surface area contributed by atoms with Crippen LogP contribution in [0, 0.1) is 5.92 Å². The molecule has 1 aromatic carbocycles. The summed E-state index contributed by atoms with van der Waals surface area (Å²) < 4.78 is 0. The van der Waals surface area contributed by atoms with Crippen molar-refractivity contribution >= 4 is 5.69 Å². The van der Waals surface area contributed by atoms with Crippen LogP contribution < -0.4 is 10.6 Å². The maximum absolute atomic E-state index is 5.95. The molecule has 94 valence electrons. The molecule has 0 fully saturated rings. The van der Waals surface area contributed by atoms with Crippen molar-refractivity contribution in [2.75, 3.05) is 18.0 Å². The predicted octanol–water partition coefficient (Wildman–Crippen LogP) is 2.59. The normalized spacial score (nSPS) is 16.4. The zero-order valence-electron chi connectivity index (χ0n) is 11.2. The third-order valence-electron chi connectivity index (χ3n) is 3.30. The lowest BCUT2D eigenvalue weighted by molar-refractivity contribution is 0.620. The van der Waals surface area contributed by atoms with E-state index in [4.69, 9.17) is 5.73 Å². The monoisotopic (exact) mass is 232 g/mol. The smallest absolute Gasteiger partial charge is 0.0432 e. The van der Waals surface area contributed by atoms with Gasteiger partial charge in [0.25, 0.3) is 0 Å². The third kappa shape index (κ3) is 2.81. The fraction of sp³-hybridized carbons (Fsp3) is 0.600. The highest BCUT2D eigenvalue weighted by Gasteiger charge is 2.22. The largest absolute Gasteiger partial charge is 0.370 e. The summed E-state index contributed by atoms with van der Waals surface area (Å²) in [6.45, 7) is 8.98. The molecule has 17 heavy (non-hydrogen) atoms. The van der Waals surface area contributed by atoms with Crippen molar-refractivity contribution in [2.45, 2.75) is 39.7 Å². The molecule has 0 bridgehead atoms. The zero-order chi connectivity index (χ0) is 12.4. The van der Waals surface area contributed by atoms with Crippen LogP contribution in [0.15, 0.2) is 18.2 Å². The Morgan fingerprint density at radius 1 is 1.29 bits per heavy atom. The number of anilines is 1. The summed E-state index contributed by atoms with van der Waals surface area (Å²) in [6.07, 6.45) is 2.17. The lowest BCUT2D eigenvalue weighted by Gasteiger charge is -2.24. The number of benzene rings is 1. The summed E-state index contributed by atoms with van der Waals surface area (Å²) >= 11 is 0. The van der Waals surface area contributed by atoms with E-state index in [9.17, 15) is 0 Å². The van der Waals surface area contributed by atoms with E-state index in [2.05, 4.69) is 43.9 Å². The van der Waals surface area contributed by atoms with Crippen molar-refractivity contribution in [3.63, 3.8) is 0 Å². The van der Waals surface area contributed by atoms with Crippen molar-refractivity contribution < 1.29 is 0 Å². The van der Waals surface area contributed by atoms with Gasteiger partial charge in [-0.25, -0.2) is 0 Å². The number of rotatable bonds is 4. The van der Waals surface area contributed by atoms with Crippen LogP contribution in [0.2, 0.25) is 0 Å². The van der Waals surface area contributed by atoms with Gasteiger partial charge in [-0.1, -0.05) is 32.0 Å². The van der Waals surface area contributed by atoms with Crippen LogP contribution in [-0.2, 0) is 12.8 Å². The Morgan fingerprint density at radius 3 is 2.71 bits per heavy atom. The van der Waals surface area contributed by atoms with Crippen molar-refractivity contribution in [3.05, 3.63) is 29.3 Å². The minimum Gasteiger partial charge on any atom is -0.370 e. The topological polar surface area (TPSA) is 29.3 Å². The van der Waals surface area contributed by atoms with E-state index in [1.54, 1.807) is 0 Å². The fourth-order valence-corrected chi connectivity index (χ4v) is 2.75. The Hall–Kier alpha value is -1.02. The third-order valence-corrected chi connectivity index (χ3v) is 3.30. The molecule has 1 atom stereocenters. The van der Waals surface area contributed by atoms with Gasteiger partial charge in [-0.3, -0.25) is 0 Å². The summed E-state index contributed by atoms with van der Waals surface area (Å²) in [4.78, 5) is 2.54. The van der Waals surface area contributed by atoms with E-state index in [0.717, 1.165) is 13.0 Å². The molecular weight excluding hydrogens is 208 g/mol. The maximum Gasteiger partial charge on any atom is 0.0432 e. The number of nitrogens with zero attached hydrogens (tertiary/aromatic N) is 1. The molecule has 1 aliphatic heterocycles. The first-order chi connectivity index (χ1) is 8.08. The second kappa shape index (κ2) is 5.09. The van der Waals surface area contributed by atoms with E-state index < -0.39 is 0 Å². The predicted molar refractivity (Wildman–Crippen MR) is 74.6 cm³/mol. The number of hydrogen-bond acceptors (Lipinski definition) is 2. The van der Waals surface area contributed by atoms with Gasteiger partial charge < -0.3 is 10.6 Å². The van der Waals surface area contributed by atoms with Gasteiger partial charge in [0.15, 0.2) is 0 Å². The molecule has 1 aromatic rings. The van der Waals surface area contributed by atoms with E-state index in [1.165, 1.54) is 29.8 Å². The standard InChI is InChI=1S/C15H24N2/c1-11(2)10-17-8-7-13-5-4-6-14(15(13)17)9-12(3)16/h4-6,11-12H,7-10,16H2,1-3H3. The molecule has 2 rings (SSSR count). The van der Waals surface area contributed by atoms with Crippen molar-refractivity contribution in [1.82, 2.24) is 0 Å². The van der Waals surface area contributed by atoms with Crippen LogP contribution in [-0.4, -0.2) is 19.1 Å². The molecule has 0 spiro atoms. The van der Waals surface area contributed by atoms with Gasteiger partial charge in [0.2, 0.25) is 0 Å². The van der Waals surface area contributed by atoms with E-state index in [-0.39, 0.29) is 6.04 Å². The number of nitrogens with two attached hydrogens (primary N) is 1. The molecule has 1 heterocycles. The summed E-state index contributed by atoms with van der Waals surface area (Å²) in [5, 5.41) is 0. The molecule has 1 unspecified atom stereocenters. The quantitative estimate of drug-likeness (QED) is 0.864. The van der Waals surface area contributed by atoms with Gasteiger partial charge in [0.1, 0.15) is 0 Å². The first-order valence-electron chi connectivity index (χ1n) is 6.69. The molecule has 2 heteroatoms. The number of fused-ring (bicyclic) bond motifs is 1. The molecule has 0 aromatic heterocycles. The molecule has 2 N–H and O–H groups in total. The minimum atomic E-state index is 0.239. The van der Waals surface area contributed by atoms with Gasteiger partial charge in [-0.05, 0) is 36.8 Å². The first-order valence-corrected chi connectivity index (χ1v) is 6.69. The molecule has 0 aliphatic carbocycles. The lowest BCUT2D eigenvalue weighted by Crippen LogP contribution is -2.27. The van der Waals surface area contributed by atoms with Crippen LogP contribution in [0.5, 0.6) is 0 Å². The average molecular weight is 232 g/mol. The van der Waals surface area contributed by atoms with Crippen molar-refractivity contribution in [3.8, 4) is 0 Å². The first kappa shape index (κ1) is 12.4. The summed E-state index contributed by atoms with van der Waals surface area (Å²) in [5.41, 5.74) is 10.3. The summed E-state index contributed by atoms with van der Waals surface area (Å²) in [5.74, 6) is 0.712. The number of para-hydroxylation sites is 1. The molecular formula is C15H24N2. The van der Waals surface area contributed by atoms with Gasteiger partial charge in [-0.2, -0.15) is 0 Å². The second-order valence-corrected chi connectivity index (χ2v) is 5.70. The van der Waals surface area contributed by atoms with Crippen LogP contribution in [0.3, 0.4) is 0 Å². The van der Waals surface area contributed by atoms with Crippen molar-refractivity contribution in [2.24, 2.45) is 11.7 Å². The highest BCUT2D eigenvalue weighted by atomic mass is 15.1. The van der Waals surface area contributed by atoms with Gasteiger partial charge in [0, 0.05) is 24.8 Å². The minimum absolute atomic E-state index is 0.239. The molecule has 2 nitrogen and oxygen atoms in total. The number of hydrogen-bond donors (Lipinski definition) is 1. The summed E-state index contributed by atoms with van der Waals surface area (Å²) in [6, 6.07) is 6.92. The molecule has 0 radical (unpaired) electrons. The Labute approximate surface area is 105 Å². The van der Waals surface area contributed by atoms with Crippen molar-refractivity contribution in [1.29, 1.82) is 0 Å². The van der Waals surface area contributed by atoms with Crippen LogP contribution in [0.4, 0.5) is 5.69 Å². The SMILES string of the molecule is CC(C)CN1CCc2cccc(CC(C)N)c21. The molecule has 0 amide bonds. The van der Waals surface area contributed by atoms with Gasteiger partial charge in [-0.15, -0.1) is 0 Å². The lowest BCUT2D eigenvalue weighted by atomic mass is 10.0. The summed E-state index contributed by atoms with van der Waals surface area (Å²) in [7, 11) is 0. The zero-order valence-corrected chi connectivity index (χ0v) is 11.2. The average Bonchev–Trinajstić information content (AvgIpc) is 2.61. The molecule has 1 aliphatic rings. The molecule has 0 saturated heterocycles. The Bertz CT molecular complexity index is 383. The van der Waals surface area contributed by atoms with Crippen LogP contribution >= 0.6 is 0 Å². The molecule has 0 saturated carbocycles. The highest BCUT2D eigenvalue weighted by molar-refractivity contribution is 5.63. The second-order valence-electron chi connectivity index (χ2n) is 5.70. The van der Waals surface area contributed by atoms with E-state index in [1.807, 2.05) is 0 Å². The Balaban J connectivity index is 2.28. The highest BCUT2D eigenvalue weighted by Crippen LogP contribution is 2.32. The van der Waals surface area contributed by atoms with Gasteiger partial charge in [0.05, 0.1) is 0 Å². The van der Waals surface area contributed by atoms with E-state index >= 15 is 0 Å². The van der Waals surface area contributed by atoms with Gasteiger partial charge >= 0.3 is 0 Å².